The molecule has 0 atom stereocenters. The molecule has 5 heterocycles. The summed E-state index contributed by atoms with van der Waals surface area (Å²) in [6.07, 6.45) is 0. The van der Waals surface area contributed by atoms with Crippen molar-refractivity contribution in [2.45, 2.75) is 78.6 Å². The van der Waals surface area contributed by atoms with Gasteiger partial charge in [0, 0.05) is 54.3 Å². The summed E-state index contributed by atoms with van der Waals surface area (Å²) < 4.78 is 19.4. The Balaban J connectivity index is 1.18. The molecular formula is C62H53BN2O2S. The SMILES string of the molecule is CC(C)(C)c1ccc(Nc2cc3oc4cc(C(C)(C)C)ccc4c3cc2-c2c3c4c(c5cc(C(C)(C)C)ccc5n4-c4c(sc5ccc(-c6ccccc6)cc45)B3)c3oc4ccccc4c23)cc1. The third-order valence-corrected chi connectivity index (χ3v) is 15.8. The number of rotatable bonds is 4. The van der Waals surface area contributed by atoms with Crippen LogP contribution in [0.2, 0.25) is 0 Å². The molecule has 6 heteroatoms. The highest BCUT2D eigenvalue weighted by Gasteiger charge is 2.35. The zero-order valence-electron chi connectivity index (χ0n) is 40.2. The van der Waals surface area contributed by atoms with Crippen LogP contribution in [0.5, 0.6) is 0 Å². The molecule has 8 aromatic carbocycles. The summed E-state index contributed by atoms with van der Waals surface area (Å²) >= 11 is 1.93. The molecule has 4 aromatic heterocycles. The summed E-state index contributed by atoms with van der Waals surface area (Å²) in [6, 6.07) is 54.0. The number of benzene rings is 8. The molecule has 68 heavy (non-hydrogen) atoms. The molecular weight excluding hydrogens is 848 g/mol. The summed E-state index contributed by atoms with van der Waals surface area (Å²) in [5, 5.41) is 12.1. The summed E-state index contributed by atoms with van der Waals surface area (Å²) in [4.78, 5) is 0. The van der Waals surface area contributed by atoms with E-state index in [-0.39, 0.29) is 16.2 Å². The van der Waals surface area contributed by atoms with Gasteiger partial charge in [0.1, 0.15) is 22.3 Å². The zero-order valence-corrected chi connectivity index (χ0v) is 41.1. The highest BCUT2D eigenvalue weighted by molar-refractivity contribution is 7.29. The van der Waals surface area contributed by atoms with Gasteiger partial charge in [-0.15, -0.1) is 11.3 Å². The number of nitrogens with one attached hydrogen (secondary N) is 1. The van der Waals surface area contributed by atoms with Crippen LogP contribution in [0.3, 0.4) is 0 Å². The predicted molar refractivity (Wildman–Crippen MR) is 294 cm³/mol. The molecule has 0 fully saturated rings. The lowest BCUT2D eigenvalue weighted by atomic mass is 9.62. The molecule has 0 spiro atoms. The van der Waals surface area contributed by atoms with Crippen LogP contribution in [0, 0.1) is 0 Å². The summed E-state index contributed by atoms with van der Waals surface area (Å²) in [5.41, 5.74) is 19.2. The third kappa shape index (κ3) is 6.19. The zero-order chi connectivity index (χ0) is 46.6. The van der Waals surface area contributed by atoms with Crippen molar-refractivity contribution >= 4 is 116 Å². The van der Waals surface area contributed by atoms with E-state index in [1.807, 2.05) is 11.3 Å². The predicted octanol–water partition coefficient (Wildman–Crippen LogP) is 16.5. The molecule has 0 radical (unpaired) electrons. The second kappa shape index (κ2) is 14.3. The van der Waals surface area contributed by atoms with Gasteiger partial charge in [-0.1, -0.05) is 147 Å². The van der Waals surface area contributed by atoms with Crippen LogP contribution in [-0.4, -0.2) is 11.8 Å². The topological polar surface area (TPSA) is 43.2 Å². The van der Waals surface area contributed by atoms with E-state index < -0.39 is 0 Å². The lowest BCUT2D eigenvalue weighted by molar-refractivity contribution is 0.587. The highest BCUT2D eigenvalue weighted by atomic mass is 32.1. The maximum atomic E-state index is 7.27. The Kier molecular flexibility index (Phi) is 8.64. The van der Waals surface area contributed by atoms with E-state index in [4.69, 9.17) is 8.83 Å². The Bertz CT molecular complexity index is 4070. The highest BCUT2D eigenvalue weighted by Crippen LogP contribution is 2.50. The first-order valence-corrected chi connectivity index (χ1v) is 24.8. The molecule has 13 rings (SSSR count). The molecule has 0 aliphatic carbocycles. The van der Waals surface area contributed by atoms with Crippen molar-refractivity contribution in [3.63, 3.8) is 0 Å². The Morgan fingerprint density at radius 2 is 1.21 bits per heavy atom. The minimum absolute atomic E-state index is 0.0169. The maximum Gasteiger partial charge on any atom is 0.211 e. The molecule has 0 saturated heterocycles. The van der Waals surface area contributed by atoms with E-state index in [0.717, 1.165) is 68.1 Å². The van der Waals surface area contributed by atoms with Gasteiger partial charge in [0.2, 0.25) is 7.28 Å². The fourth-order valence-electron chi connectivity index (χ4n) is 11.0. The Morgan fingerprint density at radius 1 is 0.515 bits per heavy atom. The molecule has 0 unspecified atom stereocenters. The second-order valence-electron chi connectivity index (χ2n) is 22.2. The van der Waals surface area contributed by atoms with Crippen molar-refractivity contribution in [2.24, 2.45) is 0 Å². The first kappa shape index (κ1) is 41.2. The number of aromatic nitrogens is 1. The first-order chi connectivity index (χ1) is 32.6. The Morgan fingerprint density at radius 3 is 1.97 bits per heavy atom. The van der Waals surface area contributed by atoms with Crippen LogP contribution in [0.1, 0.15) is 79.0 Å². The largest absolute Gasteiger partial charge is 0.456 e. The number of hydrogen-bond acceptors (Lipinski definition) is 4. The standard InChI is InChI=1S/C62H53BN2O2S/c1-60(2,3)36-20-24-39(25-21-36)64-46-33-50-42(40-26-22-38(62(7,8)9)31-49(40)66-50)32-43(46)52-53-41-17-13-14-18-48(41)67-58(53)54-44-30-37(61(4,5)6)23-27-47(44)65-56-45-29-35(34-15-11-10-12-16-34)19-28-51(45)68-59(56)63-55(52)57(54)65/h10-33,63-64H,1-9H3. The van der Waals surface area contributed by atoms with Gasteiger partial charge in [-0.3, -0.25) is 0 Å². The van der Waals surface area contributed by atoms with Crippen molar-refractivity contribution < 1.29 is 8.83 Å². The smallest absolute Gasteiger partial charge is 0.211 e. The molecule has 1 aliphatic rings. The van der Waals surface area contributed by atoms with Crippen molar-refractivity contribution in [3.05, 3.63) is 162 Å². The van der Waals surface area contributed by atoms with Crippen LogP contribution >= 0.6 is 11.3 Å². The molecule has 12 aromatic rings. The van der Waals surface area contributed by atoms with E-state index in [2.05, 4.69) is 218 Å². The molecule has 332 valence electrons. The Hall–Kier alpha value is -7.02. The summed E-state index contributed by atoms with van der Waals surface area (Å²) in [5.74, 6) is 0. The van der Waals surface area contributed by atoms with Crippen molar-refractivity contribution in [2.75, 3.05) is 5.32 Å². The van der Waals surface area contributed by atoms with Gasteiger partial charge in [0.05, 0.1) is 27.8 Å². The van der Waals surface area contributed by atoms with E-state index in [0.29, 0.717) is 0 Å². The number of nitrogens with zero attached hydrogens (tertiary/aromatic N) is 1. The van der Waals surface area contributed by atoms with E-state index in [1.165, 1.54) is 81.2 Å². The first-order valence-electron chi connectivity index (χ1n) is 24.0. The van der Waals surface area contributed by atoms with Crippen molar-refractivity contribution in [1.82, 2.24) is 4.57 Å². The van der Waals surface area contributed by atoms with Crippen LogP contribution in [0.25, 0.3) is 104 Å². The van der Waals surface area contributed by atoms with Crippen LogP contribution in [-0.2, 0) is 16.2 Å². The normalized spacial score (nSPS) is 13.2. The van der Waals surface area contributed by atoms with E-state index in [1.54, 1.807) is 0 Å². The molecule has 0 amide bonds. The monoisotopic (exact) mass is 900 g/mol. The number of fused-ring (bicyclic) bond motifs is 14. The van der Waals surface area contributed by atoms with Crippen LogP contribution < -0.4 is 15.6 Å². The average Bonchev–Trinajstić information content (AvgIpc) is 4.07. The lowest BCUT2D eigenvalue weighted by Gasteiger charge is -2.23. The maximum absolute atomic E-state index is 7.27. The van der Waals surface area contributed by atoms with E-state index >= 15 is 0 Å². The van der Waals surface area contributed by atoms with Gasteiger partial charge in [0.25, 0.3) is 0 Å². The molecule has 0 saturated carbocycles. The van der Waals surface area contributed by atoms with Crippen LogP contribution in [0.4, 0.5) is 11.4 Å². The molecule has 0 bridgehead atoms. The quantitative estimate of drug-likeness (QED) is 0.179. The molecule has 4 nitrogen and oxygen atoms in total. The number of para-hydroxylation sites is 1. The number of thiophene rings is 1. The molecule has 1 aliphatic heterocycles. The van der Waals surface area contributed by atoms with Gasteiger partial charge in [0.15, 0.2) is 0 Å². The van der Waals surface area contributed by atoms with Crippen molar-refractivity contribution in [1.29, 1.82) is 0 Å². The van der Waals surface area contributed by atoms with Gasteiger partial charge < -0.3 is 18.7 Å². The van der Waals surface area contributed by atoms with Crippen LogP contribution in [0.15, 0.2) is 154 Å². The van der Waals surface area contributed by atoms with Gasteiger partial charge in [-0.2, -0.15) is 0 Å². The lowest BCUT2D eigenvalue weighted by Crippen LogP contribution is -2.35. The average molecular weight is 901 g/mol. The minimum atomic E-state index is -0.0501. The number of furan rings is 2. The number of hydrogen-bond donors (Lipinski definition) is 1. The van der Waals surface area contributed by atoms with Gasteiger partial charge in [-0.05, 0) is 114 Å². The van der Waals surface area contributed by atoms with Gasteiger partial charge >= 0.3 is 0 Å². The van der Waals surface area contributed by atoms with Crippen molar-refractivity contribution in [3.8, 4) is 27.9 Å². The second-order valence-corrected chi connectivity index (χ2v) is 23.4. The Labute approximate surface area is 401 Å². The fraction of sp³-hybridized carbons (Fsp3) is 0.194. The van der Waals surface area contributed by atoms with E-state index in [9.17, 15) is 0 Å². The summed E-state index contributed by atoms with van der Waals surface area (Å²) in [6.45, 7) is 20.5. The minimum Gasteiger partial charge on any atom is -0.456 e. The van der Waals surface area contributed by atoms with Gasteiger partial charge in [-0.25, -0.2) is 0 Å². The fourth-order valence-corrected chi connectivity index (χ4v) is 12.2. The number of anilines is 2. The summed E-state index contributed by atoms with van der Waals surface area (Å²) in [7, 11) is 0.776. The molecule has 1 N–H and O–H groups in total. The third-order valence-electron chi connectivity index (χ3n) is 14.7.